The first kappa shape index (κ1) is 15.5. The molecule has 0 saturated carbocycles. The molecule has 1 rings (SSSR count). The molecule has 0 aromatic heterocycles. The van der Waals surface area contributed by atoms with Crippen molar-refractivity contribution >= 4 is 5.97 Å². The van der Waals surface area contributed by atoms with Crippen LogP contribution in [-0.4, -0.2) is 17.7 Å². The van der Waals surface area contributed by atoms with E-state index in [2.05, 4.69) is 0 Å². The smallest absolute Gasteiger partial charge is 0.305 e. The molecular formula is C15H23NO3. The third kappa shape index (κ3) is 3.47. The van der Waals surface area contributed by atoms with E-state index >= 15 is 0 Å². The lowest BCUT2D eigenvalue weighted by Crippen LogP contribution is -2.44. The third-order valence-corrected chi connectivity index (χ3v) is 3.49. The van der Waals surface area contributed by atoms with Gasteiger partial charge in [-0.3, -0.25) is 4.79 Å². The number of ether oxygens (including phenoxy) is 1. The largest absolute Gasteiger partial charge is 0.494 e. The molecule has 4 heteroatoms. The minimum absolute atomic E-state index is 0.0287. The van der Waals surface area contributed by atoms with Crippen LogP contribution in [-0.2, 0) is 10.3 Å². The van der Waals surface area contributed by atoms with Gasteiger partial charge >= 0.3 is 5.97 Å². The summed E-state index contributed by atoms with van der Waals surface area (Å²) in [5.74, 6) is -0.0450. The monoisotopic (exact) mass is 265 g/mol. The topological polar surface area (TPSA) is 72.5 Å². The minimum atomic E-state index is -0.886. The highest BCUT2D eigenvalue weighted by atomic mass is 16.5. The lowest BCUT2D eigenvalue weighted by atomic mass is 9.78. The van der Waals surface area contributed by atoms with Crippen LogP contribution < -0.4 is 10.5 Å². The van der Waals surface area contributed by atoms with E-state index in [0.29, 0.717) is 6.61 Å². The molecule has 1 aromatic rings. The molecule has 4 nitrogen and oxygen atoms in total. The Hall–Kier alpha value is -1.55. The summed E-state index contributed by atoms with van der Waals surface area (Å²) >= 11 is 0. The molecule has 0 bridgehead atoms. The summed E-state index contributed by atoms with van der Waals surface area (Å²) in [6.45, 7) is 8.35. The van der Waals surface area contributed by atoms with Gasteiger partial charge in [-0.2, -0.15) is 0 Å². The highest BCUT2D eigenvalue weighted by Gasteiger charge is 2.34. The second-order valence-electron chi connectivity index (χ2n) is 5.18. The van der Waals surface area contributed by atoms with Crippen LogP contribution in [0.25, 0.3) is 0 Å². The van der Waals surface area contributed by atoms with Gasteiger partial charge < -0.3 is 15.6 Å². The summed E-state index contributed by atoms with van der Waals surface area (Å²) in [4.78, 5) is 11.0. The van der Waals surface area contributed by atoms with Crippen molar-refractivity contribution < 1.29 is 14.6 Å². The number of benzene rings is 1. The summed E-state index contributed by atoms with van der Waals surface area (Å²) in [6, 6.07) is 5.65. The number of hydrogen-bond acceptors (Lipinski definition) is 3. The predicted molar refractivity (Wildman–Crippen MR) is 75.3 cm³/mol. The van der Waals surface area contributed by atoms with Crippen LogP contribution in [0.1, 0.15) is 38.3 Å². The quantitative estimate of drug-likeness (QED) is 0.829. The lowest BCUT2D eigenvalue weighted by Gasteiger charge is -2.33. The average molecular weight is 265 g/mol. The van der Waals surface area contributed by atoms with Gasteiger partial charge in [-0.25, -0.2) is 0 Å². The van der Waals surface area contributed by atoms with E-state index in [-0.39, 0.29) is 12.3 Å². The molecule has 1 unspecified atom stereocenters. The number of carboxylic acid groups (broad SMARTS) is 1. The zero-order valence-corrected chi connectivity index (χ0v) is 12.1. The van der Waals surface area contributed by atoms with Crippen molar-refractivity contribution in [3.8, 4) is 5.75 Å². The van der Waals surface area contributed by atoms with Crippen LogP contribution in [0.15, 0.2) is 18.2 Å². The normalized spacial score (nSPS) is 14.2. The maximum Gasteiger partial charge on any atom is 0.305 e. The molecule has 0 fully saturated rings. The van der Waals surface area contributed by atoms with E-state index in [1.54, 1.807) is 0 Å². The fraction of sp³-hybridized carbons (Fsp3) is 0.533. The van der Waals surface area contributed by atoms with E-state index in [1.807, 2.05) is 45.9 Å². The summed E-state index contributed by atoms with van der Waals surface area (Å²) in [5.41, 5.74) is 7.29. The van der Waals surface area contributed by atoms with Crippen molar-refractivity contribution in [1.29, 1.82) is 0 Å². The van der Waals surface area contributed by atoms with Crippen LogP contribution in [0.3, 0.4) is 0 Å². The number of rotatable bonds is 6. The molecule has 0 heterocycles. The van der Waals surface area contributed by atoms with Gasteiger partial charge in [-0.05, 0) is 37.0 Å². The fourth-order valence-corrected chi connectivity index (χ4v) is 2.15. The third-order valence-electron chi connectivity index (χ3n) is 3.49. The Kier molecular flexibility index (Phi) is 4.95. The van der Waals surface area contributed by atoms with Gasteiger partial charge in [0.1, 0.15) is 5.75 Å². The number of carbonyl (C=O) groups is 1. The molecule has 0 aliphatic heterocycles. The number of aryl methyl sites for hydroxylation is 1. The molecular weight excluding hydrogens is 242 g/mol. The van der Waals surface area contributed by atoms with Crippen LogP contribution in [0.2, 0.25) is 0 Å². The molecule has 0 radical (unpaired) electrons. The maximum atomic E-state index is 11.0. The first-order valence-corrected chi connectivity index (χ1v) is 6.55. The van der Waals surface area contributed by atoms with Gasteiger partial charge in [-0.15, -0.1) is 0 Å². The van der Waals surface area contributed by atoms with Crippen molar-refractivity contribution in [1.82, 2.24) is 0 Å². The second-order valence-corrected chi connectivity index (χ2v) is 5.18. The summed E-state index contributed by atoms with van der Waals surface area (Å²) < 4.78 is 5.49. The molecule has 19 heavy (non-hydrogen) atoms. The summed E-state index contributed by atoms with van der Waals surface area (Å²) in [7, 11) is 0. The van der Waals surface area contributed by atoms with E-state index < -0.39 is 11.5 Å². The zero-order chi connectivity index (χ0) is 14.6. The first-order valence-electron chi connectivity index (χ1n) is 6.55. The predicted octanol–water partition coefficient (Wildman–Crippen LogP) is 2.68. The van der Waals surface area contributed by atoms with E-state index in [0.717, 1.165) is 16.9 Å². The maximum absolute atomic E-state index is 11.0. The molecule has 0 spiro atoms. The molecule has 106 valence electrons. The standard InChI is InChI=1S/C15H23NO3/c1-5-19-13-7-6-12(8-11(13)4)15(16,10(2)3)9-14(17)18/h6-8,10H,5,9,16H2,1-4H3,(H,17,18). The highest BCUT2D eigenvalue weighted by molar-refractivity contribution is 5.69. The van der Waals surface area contributed by atoms with Gasteiger partial charge in [0, 0.05) is 0 Å². The molecule has 0 aliphatic carbocycles. The molecule has 1 aromatic carbocycles. The van der Waals surface area contributed by atoms with E-state index in [1.165, 1.54) is 0 Å². The lowest BCUT2D eigenvalue weighted by molar-refractivity contribution is -0.139. The Balaban J connectivity index is 3.17. The van der Waals surface area contributed by atoms with Gasteiger partial charge in [0.05, 0.1) is 18.6 Å². The highest BCUT2D eigenvalue weighted by Crippen LogP contribution is 2.33. The van der Waals surface area contributed by atoms with Crippen molar-refractivity contribution in [2.75, 3.05) is 6.61 Å². The van der Waals surface area contributed by atoms with Crippen molar-refractivity contribution in [2.24, 2.45) is 11.7 Å². The Labute approximate surface area is 114 Å². The van der Waals surface area contributed by atoms with Crippen LogP contribution >= 0.6 is 0 Å². The van der Waals surface area contributed by atoms with E-state index in [9.17, 15) is 4.79 Å². The molecule has 1 atom stereocenters. The van der Waals surface area contributed by atoms with Gasteiger partial charge in [0.25, 0.3) is 0 Å². The van der Waals surface area contributed by atoms with E-state index in [4.69, 9.17) is 15.6 Å². The molecule has 3 N–H and O–H groups in total. The SMILES string of the molecule is CCOc1ccc(C(N)(CC(=O)O)C(C)C)cc1C. The molecule has 0 saturated heterocycles. The van der Waals surface area contributed by atoms with Gasteiger partial charge in [-0.1, -0.05) is 26.0 Å². The molecule has 0 amide bonds. The Morgan fingerprint density at radius 3 is 2.53 bits per heavy atom. The van der Waals surface area contributed by atoms with Gasteiger partial charge in [0.15, 0.2) is 0 Å². The molecule has 0 aliphatic rings. The van der Waals surface area contributed by atoms with Crippen LogP contribution in [0, 0.1) is 12.8 Å². The zero-order valence-electron chi connectivity index (χ0n) is 12.1. The summed E-state index contributed by atoms with van der Waals surface area (Å²) in [5, 5.41) is 9.06. The van der Waals surface area contributed by atoms with Crippen LogP contribution in [0.4, 0.5) is 0 Å². The van der Waals surface area contributed by atoms with Gasteiger partial charge in [0.2, 0.25) is 0 Å². The van der Waals surface area contributed by atoms with Crippen molar-refractivity contribution in [3.05, 3.63) is 29.3 Å². The number of hydrogen-bond donors (Lipinski definition) is 2. The van der Waals surface area contributed by atoms with Crippen molar-refractivity contribution in [3.63, 3.8) is 0 Å². The minimum Gasteiger partial charge on any atom is -0.494 e. The first-order chi connectivity index (χ1) is 8.81. The second kappa shape index (κ2) is 6.06. The number of aliphatic carboxylic acids is 1. The summed E-state index contributed by atoms with van der Waals surface area (Å²) in [6.07, 6.45) is -0.0852. The fourth-order valence-electron chi connectivity index (χ4n) is 2.15. The Morgan fingerprint density at radius 1 is 1.47 bits per heavy atom. The van der Waals surface area contributed by atoms with Crippen molar-refractivity contribution in [2.45, 2.75) is 39.7 Å². The average Bonchev–Trinajstić information content (AvgIpc) is 2.30. The Morgan fingerprint density at radius 2 is 2.11 bits per heavy atom. The Bertz CT molecular complexity index is 457. The number of carboxylic acids is 1. The van der Waals surface area contributed by atoms with Crippen LogP contribution in [0.5, 0.6) is 5.75 Å². The number of nitrogens with two attached hydrogens (primary N) is 1.